The number of aliphatic hydroxyl groups excluding tert-OH is 1. The lowest BCUT2D eigenvalue weighted by atomic mass is 9.94. The summed E-state index contributed by atoms with van der Waals surface area (Å²) in [6.07, 6.45) is 0. The Morgan fingerprint density at radius 2 is 1.97 bits per heavy atom. The number of morpholine rings is 1. The maximum Gasteiger partial charge on any atom is 0.290 e. The van der Waals surface area contributed by atoms with Crippen molar-refractivity contribution in [2.75, 3.05) is 46.5 Å². The van der Waals surface area contributed by atoms with Gasteiger partial charge in [-0.2, -0.15) is 0 Å². The number of carbonyl (C=O) groups is 2. The molecule has 4 rings (SSSR count). The number of aryl methyl sites for hydroxylation is 2. The Labute approximate surface area is 191 Å². The molecule has 2 aliphatic heterocycles. The van der Waals surface area contributed by atoms with Gasteiger partial charge >= 0.3 is 0 Å². The predicted molar refractivity (Wildman–Crippen MR) is 120 cm³/mol. The molecule has 0 bridgehead atoms. The lowest BCUT2D eigenvalue weighted by molar-refractivity contribution is -0.129. The summed E-state index contributed by atoms with van der Waals surface area (Å²) in [6.45, 7) is 7.45. The zero-order valence-corrected chi connectivity index (χ0v) is 19.3. The quantitative estimate of drug-likeness (QED) is 0.639. The fraction of sp³-hybridized carbons (Fsp3) is 0.435. The molecule has 170 valence electrons. The molecule has 1 aromatic carbocycles. The van der Waals surface area contributed by atoms with E-state index in [2.05, 4.69) is 9.88 Å². The summed E-state index contributed by atoms with van der Waals surface area (Å²) in [5.41, 5.74) is 1.33. The van der Waals surface area contributed by atoms with E-state index < -0.39 is 17.7 Å². The molecule has 1 fully saturated rings. The minimum atomic E-state index is -0.742. The second kappa shape index (κ2) is 9.40. The lowest BCUT2D eigenvalue weighted by Crippen LogP contribution is -2.43. The molecule has 1 amide bonds. The van der Waals surface area contributed by atoms with Crippen LogP contribution in [0.25, 0.3) is 0 Å². The fourth-order valence-electron chi connectivity index (χ4n) is 4.27. The highest BCUT2D eigenvalue weighted by Gasteiger charge is 2.45. The number of nitrogens with zero attached hydrogens (tertiary/aromatic N) is 3. The lowest BCUT2D eigenvalue weighted by Gasteiger charge is -2.32. The standard InChI is InChI=1S/C23H27N3O5S/c1-14-22(32-15(2)24-14)20(27)18-19(16-6-4-5-7-17(16)30-3)26(23(29)21(18)28)9-8-25-10-12-31-13-11-25/h4-7,19,28H,8-13H2,1-3H3/t19-/m0/s1. The number of aromatic nitrogens is 1. The molecule has 0 radical (unpaired) electrons. The number of ether oxygens (including phenoxy) is 2. The summed E-state index contributed by atoms with van der Waals surface area (Å²) >= 11 is 1.27. The van der Waals surface area contributed by atoms with Crippen molar-refractivity contribution in [3.63, 3.8) is 0 Å². The summed E-state index contributed by atoms with van der Waals surface area (Å²) in [7, 11) is 1.55. The number of Topliss-reactive ketones (excluding diaryl/α,β-unsaturated/α-hetero) is 1. The first-order valence-electron chi connectivity index (χ1n) is 10.6. The van der Waals surface area contributed by atoms with E-state index >= 15 is 0 Å². The first-order valence-corrected chi connectivity index (χ1v) is 11.4. The van der Waals surface area contributed by atoms with Gasteiger partial charge in [0.15, 0.2) is 5.76 Å². The Bertz CT molecular complexity index is 1060. The zero-order chi connectivity index (χ0) is 22.8. The van der Waals surface area contributed by atoms with Gasteiger partial charge in [-0.25, -0.2) is 4.98 Å². The van der Waals surface area contributed by atoms with Crippen molar-refractivity contribution in [2.45, 2.75) is 19.9 Å². The molecule has 0 unspecified atom stereocenters. The normalized spacial score (nSPS) is 19.7. The number of hydrogen-bond acceptors (Lipinski definition) is 8. The second-order valence-corrected chi connectivity index (χ2v) is 9.04. The van der Waals surface area contributed by atoms with Crippen LogP contribution < -0.4 is 4.74 Å². The van der Waals surface area contributed by atoms with Crippen LogP contribution in [-0.4, -0.2) is 78.1 Å². The van der Waals surface area contributed by atoms with Crippen molar-refractivity contribution < 1.29 is 24.2 Å². The van der Waals surface area contributed by atoms with Crippen LogP contribution in [0.4, 0.5) is 0 Å². The maximum absolute atomic E-state index is 13.6. The van der Waals surface area contributed by atoms with Crippen LogP contribution in [-0.2, 0) is 9.53 Å². The molecule has 1 saturated heterocycles. The van der Waals surface area contributed by atoms with Crippen molar-refractivity contribution in [1.29, 1.82) is 0 Å². The highest BCUT2D eigenvalue weighted by Crippen LogP contribution is 2.43. The van der Waals surface area contributed by atoms with Crippen LogP contribution in [0.5, 0.6) is 5.75 Å². The van der Waals surface area contributed by atoms with E-state index in [0.29, 0.717) is 48.2 Å². The molecule has 9 heteroatoms. The monoisotopic (exact) mass is 457 g/mol. The molecule has 2 aliphatic rings. The number of methoxy groups -OCH3 is 1. The van der Waals surface area contributed by atoms with E-state index in [9.17, 15) is 14.7 Å². The second-order valence-electron chi connectivity index (χ2n) is 7.84. The van der Waals surface area contributed by atoms with E-state index in [1.807, 2.05) is 25.1 Å². The summed E-state index contributed by atoms with van der Waals surface area (Å²) in [5, 5.41) is 11.6. The molecule has 0 saturated carbocycles. The highest BCUT2D eigenvalue weighted by atomic mass is 32.1. The van der Waals surface area contributed by atoms with Gasteiger partial charge in [0.2, 0.25) is 5.78 Å². The number of thiazole rings is 1. The molecule has 8 nitrogen and oxygen atoms in total. The van der Waals surface area contributed by atoms with Crippen molar-refractivity contribution in [1.82, 2.24) is 14.8 Å². The Morgan fingerprint density at radius 1 is 1.25 bits per heavy atom. The number of rotatable bonds is 7. The molecule has 1 aromatic heterocycles. The molecule has 2 aromatic rings. The van der Waals surface area contributed by atoms with Crippen LogP contribution in [0.3, 0.4) is 0 Å². The predicted octanol–water partition coefficient (Wildman–Crippen LogP) is 2.68. The third-order valence-electron chi connectivity index (χ3n) is 5.85. The van der Waals surface area contributed by atoms with Crippen LogP contribution in [0, 0.1) is 13.8 Å². The minimum Gasteiger partial charge on any atom is -0.503 e. The van der Waals surface area contributed by atoms with Crippen molar-refractivity contribution in [3.05, 3.63) is 56.7 Å². The van der Waals surface area contributed by atoms with Crippen molar-refractivity contribution >= 4 is 23.0 Å². The molecule has 0 aliphatic carbocycles. The molecule has 1 N–H and O–H groups in total. The maximum atomic E-state index is 13.6. The Morgan fingerprint density at radius 3 is 2.62 bits per heavy atom. The molecular formula is C23H27N3O5S. The number of ketones is 1. The van der Waals surface area contributed by atoms with Gasteiger partial charge in [-0.15, -0.1) is 11.3 Å². The van der Waals surface area contributed by atoms with Gasteiger partial charge in [0.05, 0.1) is 47.5 Å². The molecule has 3 heterocycles. The summed E-state index contributed by atoms with van der Waals surface area (Å²) in [6, 6.07) is 6.55. The first kappa shape index (κ1) is 22.4. The van der Waals surface area contributed by atoms with E-state index in [4.69, 9.17) is 9.47 Å². The van der Waals surface area contributed by atoms with E-state index in [1.54, 1.807) is 25.0 Å². The van der Waals surface area contributed by atoms with Gasteiger partial charge in [-0.05, 0) is 19.9 Å². The number of para-hydroxylation sites is 1. The number of aliphatic hydroxyl groups is 1. The van der Waals surface area contributed by atoms with Gasteiger partial charge in [0.25, 0.3) is 5.91 Å². The number of amides is 1. The topological polar surface area (TPSA) is 92.2 Å². The number of carbonyl (C=O) groups excluding carboxylic acids is 2. The largest absolute Gasteiger partial charge is 0.503 e. The van der Waals surface area contributed by atoms with Gasteiger partial charge < -0.3 is 19.5 Å². The van der Waals surface area contributed by atoms with Gasteiger partial charge in [0, 0.05) is 31.7 Å². The minimum absolute atomic E-state index is 0.0771. The van der Waals surface area contributed by atoms with Crippen LogP contribution >= 0.6 is 11.3 Å². The first-order chi connectivity index (χ1) is 15.4. The molecular weight excluding hydrogens is 430 g/mol. The smallest absolute Gasteiger partial charge is 0.290 e. The Balaban J connectivity index is 1.73. The van der Waals surface area contributed by atoms with Crippen molar-refractivity contribution in [2.24, 2.45) is 0 Å². The van der Waals surface area contributed by atoms with Crippen molar-refractivity contribution in [3.8, 4) is 5.75 Å². The van der Waals surface area contributed by atoms with Gasteiger partial charge in [-0.1, -0.05) is 18.2 Å². The third-order valence-corrected chi connectivity index (χ3v) is 6.92. The van der Waals surface area contributed by atoms with Crippen LogP contribution in [0.15, 0.2) is 35.6 Å². The molecule has 1 atom stereocenters. The zero-order valence-electron chi connectivity index (χ0n) is 18.5. The van der Waals surface area contributed by atoms with Crippen LogP contribution in [0.2, 0.25) is 0 Å². The summed E-state index contributed by atoms with van der Waals surface area (Å²) in [5.74, 6) is -0.864. The SMILES string of the molecule is COc1ccccc1[C@H]1C(C(=O)c2sc(C)nc2C)=C(O)C(=O)N1CCN1CCOCC1. The van der Waals surface area contributed by atoms with E-state index in [-0.39, 0.29) is 11.4 Å². The average Bonchev–Trinajstić information content (AvgIpc) is 3.27. The number of hydrogen-bond donors (Lipinski definition) is 1. The van der Waals surface area contributed by atoms with Gasteiger partial charge in [-0.3, -0.25) is 14.5 Å². The van der Waals surface area contributed by atoms with Gasteiger partial charge in [0.1, 0.15) is 5.75 Å². The summed E-state index contributed by atoms with van der Waals surface area (Å²) in [4.78, 5) is 35.3. The molecule has 32 heavy (non-hydrogen) atoms. The average molecular weight is 458 g/mol. The third kappa shape index (κ3) is 4.15. The molecule has 0 spiro atoms. The Kier molecular flexibility index (Phi) is 6.59. The van der Waals surface area contributed by atoms with E-state index in [1.165, 1.54) is 11.3 Å². The van der Waals surface area contributed by atoms with Crippen LogP contribution in [0.1, 0.15) is 32.0 Å². The number of benzene rings is 1. The highest BCUT2D eigenvalue weighted by molar-refractivity contribution is 7.14. The van der Waals surface area contributed by atoms with E-state index in [0.717, 1.165) is 18.1 Å². The summed E-state index contributed by atoms with van der Waals surface area (Å²) < 4.78 is 10.9. The fourth-order valence-corrected chi connectivity index (χ4v) is 5.14. The Hall–Kier alpha value is -2.75.